The molecule has 0 radical (unpaired) electrons. The van der Waals surface area contributed by atoms with E-state index < -0.39 is 0 Å². The van der Waals surface area contributed by atoms with Crippen LogP contribution < -0.4 is 10.6 Å². The van der Waals surface area contributed by atoms with Gasteiger partial charge in [0.15, 0.2) is 0 Å². The van der Waals surface area contributed by atoms with Crippen molar-refractivity contribution in [1.82, 2.24) is 9.47 Å². The molecule has 6 heteroatoms. The Morgan fingerprint density at radius 1 is 1.10 bits per heavy atom. The van der Waals surface area contributed by atoms with Gasteiger partial charge in [0.25, 0.3) is 0 Å². The van der Waals surface area contributed by atoms with Crippen molar-refractivity contribution in [2.24, 2.45) is 0 Å². The predicted molar refractivity (Wildman–Crippen MR) is 112 cm³/mol. The molecule has 1 spiro atoms. The minimum absolute atomic E-state index is 0.0770. The maximum Gasteiger partial charge on any atom is 0.321 e. The number of aromatic nitrogens is 1. The third-order valence-corrected chi connectivity index (χ3v) is 6.12. The van der Waals surface area contributed by atoms with E-state index in [1.807, 2.05) is 48.4 Å². The average Bonchev–Trinajstić information content (AvgIpc) is 3.21. The number of hydrogen-bond acceptors (Lipinski definition) is 2. The van der Waals surface area contributed by atoms with E-state index in [9.17, 15) is 9.18 Å². The number of urea groups is 1. The zero-order valence-corrected chi connectivity index (χ0v) is 16.3. The monoisotopic (exact) mass is 390 g/mol. The first-order chi connectivity index (χ1) is 14.1. The topological polar surface area (TPSA) is 49.3 Å². The highest BCUT2D eigenvalue weighted by Gasteiger charge is 2.42. The minimum Gasteiger partial charge on any atom is -0.372 e. The van der Waals surface area contributed by atoms with Gasteiger partial charge in [0.2, 0.25) is 0 Å². The summed E-state index contributed by atoms with van der Waals surface area (Å²) in [5, 5.41) is 6.61. The summed E-state index contributed by atoms with van der Waals surface area (Å²) in [6.07, 6.45) is 3.54. The molecule has 1 fully saturated rings. The zero-order chi connectivity index (χ0) is 20.0. The summed E-state index contributed by atoms with van der Waals surface area (Å²) >= 11 is 0. The second-order valence-corrected chi connectivity index (χ2v) is 7.86. The lowest BCUT2D eigenvalue weighted by atomic mass is 9.82. The van der Waals surface area contributed by atoms with Crippen LogP contribution in [0.15, 0.2) is 60.8 Å². The van der Waals surface area contributed by atoms with E-state index >= 15 is 0 Å². The van der Waals surface area contributed by atoms with Gasteiger partial charge in [-0.25, -0.2) is 9.18 Å². The fourth-order valence-corrected chi connectivity index (χ4v) is 4.50. The molecule has 0 unspecified atom stereocenters. The summed E-state index contributed by atoms with van der Waals surface area (Å²) in [6, 6.07) is 16.7. The Labute approximate surface area is 169 Å². The summed E-state index contributed by atoms with van der Waals surface area (Å²) in [4.78, 5) is 14.6. The smallest absolute Gasteiger partial charge is 0.321 e. The van der Waals surface area contributed by atoms with Crippen molar-refractivity contribution in [3.05, 3.63) is 77.9 Å². The number of fused-ring (bicyclic) bond motifs is 4. The summed E-state index contributed by atoms with van der Waals surface area (Å²) < 4.78 is 16.0. The number of halogens is 1. The van der Waals surface area contributed by atoms with Gasteiger partial charge in [-0.3, -0.25) is 0 Å². The Kier molecular flexibility index (Phi) is 4.08. The highest BCUT2D eigenvalue weighted by Crippen LogP contribution is 2.43. The zero-order valence-electron chi connectivity index (χ0n) is 16.3. The largest absolute Gasteiger partial charge is 0.372 e. The molecule has 0 aliphatic carbocycles. The Morgan fingerprint density at radius 2 is 1.90 bits per heavy atom. The number of benzene rings is 2. The molecule has 1 aromatic heterocycles. The van der Waals surface area contributed by atoms with Gasteiger partial charge < -0.3 is 20.1 Å². The van der Waals surface area contributed by atoms with Crippen molar-refractivity contribution in [3.63, 3.8) is 0 Å². The standard InChI is InChI=1S/C23H23FN4O/c1-16-5-2-3-6-18(16)25-22(29)27-13-10-23(11-14-27)21-7-4-12-28(21)20-9-8-17(24)15-19(20)26-23/h2-9,12,15,26H,10-11,13-14H2,1H3,(H,25,29). The van der Waals surface area contributed by atoms with Gasteiger partial charge in [0.05, 0.1) is 16.9 Å². The van der Waals surface area contributed by atoms with Crippen LogP contribution in [0.4, 0.5) is 20.6 Å². The first kappa shape index (κ1) is 17.8. The summed E-state index contributed by atoms with van der Waals surface area (Å²) in [5.74, 6) is -0.253. The number of nitrogens with zero attached hydrogens (tertiary/aromatic N) is 2. The van der Waals surface area contributed by atoms with Gasteiger partial charge in [-0.2, -0.15) is 0 Å². The number of carbonyl (C=O) groups is 1. The van der Waals surface area contributed by atoms with Crippen molar-refractivity contribution in [2.75, 3.05) is 23.7 Å². The number of aryl methyl sites for hydroxylation is 1. The highest BCUT2D eigenvalue weighted by atomic mass is 19.1. The number of para-hydroxylation sites is 1. The fourth-order valence-electron chi connectivity index (χ4n) is 4.50. The van der Waals surface area contributed by atoms with Crippen molar-refractivity contribution >= 4 is 17.4 Å². The highest BCUT2D eigenvalue weighted by molar-refractivity contribution is 5.90. The Morgan fingerprint density at radius 3 is 2.69 bits per heavy atom. The Balaban J connectivity index is 1.36. The summed E-state index contributed by atoms with van der Waals surface area (Å²) in [7, 11) is 0. The third kappa shape index (κ3) is 2.95. The van der Waals surface area contributed by atoms with Crippen molar-refractivity contribution in [3.8, 4) is 5.69 Å². The van der Waals surface area contributed by atoms with E-state index in [1.165, 1.54) is 6.07 Å². The molecule has 3 aromatic rings. The molecule has 2 aliphatic rings. The molecule has 0 atom stereocenters. The molecule has 0 bridgehead atoms. The van der Waals surface area contributed by atoms with E-state index in [1.54, 1.807) is 12.1 Å². The number of hydrogen-bond donors (Lipinski definition) is 2. The maximum absolute atomic E-state index is 13.8. The van der Waals surface area contributed by atoms with Crippen LogP contribution in [0.5, 0.6) is 0 Å². The molecule has 0 saturated carbocycles. The number of anilines is 2. The lowest BCUT2D eigenvalue weighted by Crippen LogP contribution is -2.51. The van der Waals surface area contributed by atoms with E-state index in [0.29, 0.717) is 13.1 Å². The third-order valence-electron chi connectivity index (χ3n) is 6.12. The van der Waals surface area contributed by atoms with E-state index in [-0.39, 0.29) is 17.4 Å². The lowest BCUT2D eigenvalue weighted by molar-refractivity contribution is 0.174. The Bertz CT molecular complexity index is 1080. The van der Waals surface area contributed by atoms with Gasteiger partial charge in [-0.05, 0) is 61.7 Å². The predicted octanol–water partition coefficient (Wildman–Crippen LogP) is 4.87. The van der Waals surface area contributed by atoms with Crippen molar-refractivity contribution in [1.29, 1.82) is 0 Å². The molecule has 5 rings (SSSR count). The second-order valence-electron chi connectivity index (χ2n) is 7.86. The number of carbonyl (C=O) groups excluding carboxylic acids is 1. The minimum atomic E-state index is -0.302. The van der Waals surface area contributed by atoms with E-state index in [0.717, 1.165) is 41.2 Å². The lowest BCUT2D eigenvalue weighted by Gasteiger charge is -2.46. The molecule has 2 aromatic carbocycles. The average molecular weight is 390 g/mol. The van der Waals surface area contributed by atoms with Crippen LogP contribution in [0, 0.1) is 12.7 Å². The van der Waals surface area contributed by atoms with Crippen LogP contribution in [-0.2, 0) is 5.54 Å². The van der Waals surface area contributed by atoms with Crippen LogP contribution in [0.25, 0.3) is 5.69 Å². The number of piperidine rings is 1. The number of nitrogens with one attached hydrogen (secondary N) is 2. The molecule has 2 aliphatic heterocycles. The van der Waals surface area contributed by atoms with Gasteiger partial charge in [-0.15, -0.1) is 0 Å². The number of likely N-dealkylation sites (tertiary alicyclic amines) is 1. The quantitative estimate of drug-likeness (QED) is 0.623. The summed E-state index contributed by atoms with van der Waals surface area (Å²) in [6.45, 7) is 3.23. The molecule has 2 N–H and O–H groups in total. The van der Waals surface area contributed by atoms with Gasteiger partial charge in [-0.1, -0.05) is 18.2 Å². The molecule has 148 valence electrons. The maximum atomic E-state index is 13.8. The van der Waals surface area contributed by atoms with Gasteiger partial charge in [0.1, 0.15) is 5.82 Å². The molecule has 3 heterocycles. The first-order valence-electron chi connectivity index (χ1n) is 9.93. The SMILES string of the molecule is Cc1ccccc1NC(=O)N1CCC2(CC1)Nc1cc(F)ccc1-n1cccc12. The number of rotatable bonds is 1. The van der Waals surface area contributed by atoms with Crippen LogP contribution in [-0.4, -0.2) is 28.6 Å². The molecule has 5 nitrogen and oxygen atoms in total. The van der Waals surface area contributed by atoms with E-state index in [2.05, 4.69) is 21.3 Å². The summed E-state index contributed by atoms with van der Waals surface area (Å²) in [5.41, 5.74) is 4.49. The van der Waals surface area contributed by atoms with Crippen LogP contribution in [0.3, 0.4) is 0 Å². The molecule has 1 saturated heterocycles. The van der Waals surface area contributed by atoms with Crippen LogP contribution in [0.1, 0.15) is 24.1 Å². The second kappa shape index (κ2) is 6.65. The first-order valence-corrected chi connectivity index (χ1v) is 9.93. The van der Waals surface area contributed by atoms with Crippen LogP contribution >= 0.6 is 0 Å². The van der Waals surface area contributed by atoms with Crippen molar-refractivity contribution in [2.45, 2.75) is 25.3 Å². The number of amides is 2. The molecule has 29 heavy (non-hydrogen) atoms. The normalized spacial score (nSPS) is 16.7. The van der Waals surface area contributed by atoms with Crippen molar-refractivity contribution < 1.29 is 9.18 Å². The van der Waals surface area contributed by atoms with Gasteiger partial charge >= 0.3 is 6.03 Å². The van der Waals surface area contributed by atoms with Crippen LogP contribution in [0.2, 0.25) is 0 Å². The fraction of sp³-hybridized carbons (Fsp3) is 0.261. The molecular formula is C23H23FN4O. The van der Waals surface area contributed by atoms with E-state index in [4.69, 9.17) is 0 Å². The Hall–Kier alpha value is -3.28. The molecular weight excluding hydrogens is 367 g/mol. The molecule has 2 amide bonds. The van der Waals surface area contributed by atoms with Gasteiger partial charge in [0, 0.05) is 30.7 Å².